The summed E-state index contributed by atoms with van der Waals surface area (Å²) in [4.78, 5) is 32.6. The van der Waals surface area contributed by atoms with Crippen molar-refractivity contribution >= 4 is 17.5 Å². The Morgan fingerprint density at radius 3 is 2.60 bits per heavy atom. The summed E-state index contributed by atoms with van der Waals surface area (Å²) in [6, 6.07) is 3.48. The van der Waals surface area contributed by atoms with Gasteiger partial charge in [-0.1, -0.05) is 6.92 Å². The van der Waals surface area contributed by atoms with Crippen molar-refractivity contribution in [2.75, 3.05) is 0 Å². The van der Waals surface area contributed by atoms with Gasteiger partial charge in [0.2, 0.25) is 5.91 Å². The number of nitrogens with two attached hydrogens (primary N) is 2. The molecule has 0 spiro atoms. The Labute approximate surface area is 114 Å². The first kappa shape index (κ1) is 15.4. The van der Waals surface area contributed by atoms with Crippen molar-refractivity contribution in [3.05, 3.63) is 33.9 Å². The molecule has 0 bridgehead atoms. The highest BCUT2D eigenvalue weighted by Crippen LogP contribution is 2.29. The molecule has 5 N–H and O–H groups in total. The van der Waals surface area contributed by atoms with E-state index in [-0.39, 0.29) is 17.7 Å². The van der Waals surface area contributed by atoms with Crippen molar-refractivity contribution in [1.82, 2.24) is 5.43 Å². The zero-order chi connectivity index (χ0) is 15.3. The van der Waals surface area contributed by atoms with Crippen LogP contribution >= 0.6 is 0 Å². The third kappa shape index (κ3) is 3.42. The van der Waals surface area contributed by atoms with Crippen molar-refractivity contribution in [2.24, 2.45) is 11.6 Å². The SMILES string of the molecule is CCC(Oc1ccc(C(N)=O)cc1[N+](=O)[O-])C(=O)NN. The quantitative estimate of drug-likeness (QED) is 0.285. The van der Waals surface area contributed by atoms with Gasteiger partial charge >= 0.3 is 5.69 Å². The van der Waals surface area contributed by atoms with Crippen LogP contribution in [-0.2, 0) is 4.79 Å². The fourth-order valence-corrected chi connectivity index (χ4v) is 1.48. The zero-order valence-corrected chi connectivity index (χ0v) is 10.7. The summed E-state index contributed by atoms with van der Waals surface area (Å²) >= 11 is 0. The molecule has 0 aliphatic heterocycles. The molecule has 20 heavy (non-hydrogen) atoms. The maximum absolute atomic E-state index is 11.4. The highest BCUT2D eigenvalue weighted by Gasteiger charge is 2.23. The van der Waals surface area contributed by atoms with Crippen molar-refractivity contribution in [3.8, 4) is 5.75 Å². The molecule has 1 aromatic carbocycles. The Hall–Kier alpha value is -2.68. The van der Waals surface area contributed by atoms with Crippen LogP contribution in [0.1, 0.15) is 23.7 Å². The van der Waals surface area contributed by atoms with Crippen LogP contribution in [0.5, 0.6) is 5.75 Å². The second-order valence-corrected chi connectivity index (χ2v) is 3.83. The number of nitro groups is 1. The van der Waals surface area contributed by atoms with Crippen LogP contribution in [0, 0.1) is 10.1 Å². The fraction of sp³-hybridized carbons (Fsp3) is 0.273. The van der Waals surface area contributed by atoms with Gasteiger partial charge in [0.05, 0.1) is 4.92 Å². The van der Waals surface area contributed by atoms with Crippen molar-refractivity contribution in [2.45, 2.75) is 19.4 Å². The molecule has 0 aromatic heterocycles. The standard InChI is InChI=1S/C11H14N4O5/c1-2-8(11(17)14-13)20-9-4-3-6(10(12)16)5-7(9)15(18)19/h3-5,8H,2,13H2,1H3,(H2,12,16)(H,14,17). The maximum Gasteiger partial charge on any atom is 0.311 e. The summed E-state index contributed by atoms with van der Waals surface area (Å²) in [6.45, 7) is 1.66. The first-order valence-corrected chi connectivity index (χ1v) is 5.66. The molecular weight excluding hydrogens is 268 g/mol. The lowest BCUT2D eigenvalue weighted by molar-refractivity contribution is -0.386. The lowest BCUT2D eigenvalue weighted by Gasteiger charge is -2.15. The number of carbonyl (C=O) groups is 2. The number of hydrazine groups is 1. The summed E-state index contributed by atoms with van der Waals surface area (Å²) in [5.41, 5.74) is 6.47. The zero-order valence-electron chi connectivity index (χ0n) is 10.7. The Kier molecular flexibility index (Phi) is 4.98. The molecule has 0 fully saturated rings. The van der Waals surface area contributed by atoms with Gasteiger partial charge < -0.3 is 10.5 Å². The second kappa shape index (κ2) is 6.48. The molecule has 0 aliphatic carbocycles. The predicted octanol–water partition coefficient (Wildman–Crippen LogP) is -0.159. The Balaban J connectivity index is 3.14. The van der Waals surface area contributed by atoms with Crippen LogP contribution in [0.15, 0.2) is 18.2 Å². The van der Waals surface area contributed by atoms with Gasteiger partial charge in [0.15, 0.2) is 11.9 Å². The van der Waals surface area contributed by atoms with E-state index in [0.717, 1.165) is 6.07 Å². The molecule has 1 aromatic rings. The minimum absolute atomic E-state index is 0.0274. The van der Waals surface area contributed by atoms with Crippen LogP contribution in [0.4, 0.5) is 5.69 Å². The highest BCUT2D eigenvalue weighted by molar-refractivity contribution is 5.93. The molecule has 0 radical (unpaired) electrons. The van der Waals surface area contributed by atoms with Gasteiger partial charge in [-0.05, 0) is 18.6 Å². The van der Waals surface area contributed by atoms with Crippen LogP contribution in [0.2, 0.25) is 0 Å². The van der Waals surface area contributed by atoms with E-state index >= 15 is 0 Å². The van der Waals surface area contributed by atoms with Crippen molar-refractivity contribution in [3.63, 3.8) is 0 Å². The molecule has 0 heterocycles. The largest absolute Gasteiger partial charge is 0.473 e. The molecule has 0 aliphatic rings. The summed E-state index contributed by atoms with van der Waals surface area (Å²) in [5.74, 6) is 3.44. The number of ether oxygens (including phenoxy) is 1. The van der Waals surface area contributed by atoms with E-state index in [1.54, 1.807) is 6.92 Å². The Morgan fingerprint density at radius 2 is 2.15 bits per heavy atom. The van der Waals surface area contributed by atoms with Crippen LogP contribution in [0.3, 0.4) is 0 Å². The molecule has 9 nitrogen and oxygen atoms in total. The molecule has 108 valence electrons. The molecule has 0 saturated carbocycles. The third-order valence-electron chi connectivity index (χ3n) is 2.51. The van der Waals surface area contributed by atoms with Gasteiger partial charge in [-0.3, -0.25) is 25.1 Å². The van der Waals surface area contributed by atoms with Gasteiger partial charge in [0, 0.05) is 11.6 Å². The molecule has 2 amide bonds. The lowest BCUT2D eigenvalue weighted by Crippen LogP contribution is -2.41. The number of nitro benzene ring substituents is 1. The lowest BCUT2D eigenvalue weighted by atomic mass is 10.1. The molecule has 0 saturated heterocycles. The van der Waals surface area contributed by atoms with E-state index in [2.05, 4.69) is 0 Å². The minimum atomic E-state index is -0.974. The van der Waals surface area contributed by atoms with Gasteiger partial charge in [0.25, 0.3) is 5.91 Å². The summed E-state index contributed by atoms with van der Waals surface area (Å²) < 4.78 is 5.26. The topological polar surface area (TPSA) is 151 Å². The molecule has 1 rings (SSSR count). The number of nitrogens with zero attached hydrogens (tertiary/aromatic N) is 1. The van der Waals surface area contributed by atoms with Gasteiger partial charge in [0.1, 0.15) is 0 Å². The average molecular weight is 282 g/mol. The number of amides is 2. The number of hydrogen-bond acceptors (Lipinski definition) is 6. The first-order valence-electron chi connectivity index (χ1n) is 5.66. The van der Waals surface area contributed by atoms with E-state index < -0.39 is 28.5 Å². The van der Waals surface area contributed by atoms with Gasteiger partial charge in [-0.25, -0.2) is 5.84 Å². The van der Waals surface area contributed by atoms with E-state index in [4.69, 9.17) is 16.3 Å². The van der Waals surface area contributed by atoms with Gasteiger partial charge in [-0.15, -0.1) is 0 Å². The van der Waals surface area contributed by atoms with E-state index in [1.807, 2.05) is 5.43 Å². The normalized spacial score (nSPS) is 11.5. The third-order valence-corrected chi connectivity index (χ3v) is 2.51. The second-order valence-electron chi connectivity index (χ2n) is 3.83. The average Bonchev–Trinajstić information content (AvgIpc) is 2.43. The molecule has 1 unspecified atom stereocenters. The van der Waals surface area contributed by atoms with E-state index in [1.165, 1.54) is 12.1 Å². The van der Waals surface area contributed by atoms with Crippen molar-refractivity contribution in [1.29, 1.82) is 0 Å². The Bertz CT molecular complexity index is 546. The number of rotatable bonds is 6. The smallest absolute Gasteiger partial charge is 0.311 e. The summed E-state index contributed by atoms with van der Waals surface area (Å²) in [7, 11) is 0. The molecule has 9 heteroatoms. The number of carbonyl (C=O) groups excluding carboxylic acids is 2. The summed E-state index contributed by atoms with van der Waals surface area (Å²) in [6.07, 6.45) is -0.712. The van der Waals surface area contributed by atoms with Gasteiger partial charge in [-0.2, -0.15) is 0 Å². The minimum Gasteiger partial charge on any atom is -0.473 e. The van der Waals surface area contributed by atoms with Crippen molar-refractivity contribution < 1.29 is 19.2 Å². The van der Waals surface area contributed by atoms with E-state index in [0.29, 0.717) is 0 Å². The Morgan fingerprint density at radius 1 is 1.50 bits per heavy atom. The first-order chi connectivity index (χ1) is 9.40. The highest BCUT2D eigenvalue weighted by atomic mass is 16.6. The van der Waals surface area contributed by atoms with Crippen LogP contribution < -0.4 is 21.7 Å². The number of benzene rings is 1. The number of hydrogen-bond donors (Lipinski definition) is 3. The summed E-state index contributed by atoms with van der Waals surface area (Å²) in [5, 5.41) is 11.0. The fourth-order valence-electron chi connectivity index (χ4n) is 1.48. The van der Waals surface area contributed by atoms with Crippen LogP contribution in [-0.4, -0.2) is 22.8 Å². The van der Waals surface area contributed by atoms with E-state index in [9.17, 15) is 19.7 Å². The monoisotopic (exact) mass is 282 g/mol. The number of primary amides is 1. The predicted molar refractivity (Wildman–Crippen MR) is 68.7 cm³/mol. The maximum atomic E-state index is 11.4. The van der Waals surface area contributed by atoms with Crippen LogP contribution in [0.25, 0.3) is 0 Å². The molecule has 1 atom stereocenters. The molecular formula is C11H14N4O5. The number of nitrogens with one attached hydrogen (secondary N) is 1.